The number of fused-ring (bicyclic) bond motifs is 1. The van der Waals surface area contributed by atoms with E-state index in [1.165, 1.54) is 16.0 Å². The van der Waals surface area contributed by atoms with Crippen molar-refractivity contribution in [2.24, 2.45) is 0 Å². The number of hydrogen-bond acceptors (Lipinski definition) is 5. The number of nitriles is 1. The molecule has 1 aliphatic heterocycles. The molecule has 0 saturated heterocycles. The molecule has 0 aliphatic carbocycles. The number of carboxylic acids is 2. The minimum Gasteiger partial charge on any atom is -0.481 e. The second-order valence-corrected chi connectivity index (χ2v) is 8.77. The highest BCUT2D eigenvalue weighted by atomic mass is 35.5. The van der Waals surface area contributed by atoms with Gasteiger partial charge in [-0.3, -0.25) is 9.59 Å². The van der Waals surface area contributed by atoms with Gasteiger partial charge in [-0.05, 0) is 61.7 Å². The van der Waals surface area contributed by atoms with Crippen LogP contribution in [-0.4, -0.2) is 35.2 Å². The Balaban J connectivity index is 0.000000366. The SMILES string of the molecule is CC(Sc1c(Cl)ccc2c1CCNCC2)c1ccccc1C#N.O=C(O)CCC(=O)O. The summed E-state index contributed by atoms with van der Waals surface area (Å²) in [5, 5.41) is 29.6. The Hall–Kier alpha value is -2.53. The normalized spacial score (nSPS) is 13.6. The number of nitrogens with one attached hydrogen (secondary N) is 1. The second-order valence-electron chi connectivity index (χ2n) is 7.01. The average Bonchev–Trinajstić information content (AvgIpc) is 3.00. The number of benzene rings is 2. The van der Waals surface area contributed by atoms with Crippen molar-refractivity contribution in [1.29, 1.82) is 5.26 Å². The lowest BCUT2D eigenvalue weighted by Gasteiger charge is -2.18. The molecule has 0 fully saturated rings. The van der Waals surface area contributed by atoms with E-state index >= 15 is 0 Å². The Morgan fingerprint density at radius 3 is 2.42 bits per heavy atom. The van der Waals surface area contributed by atoms with E-state index in [0.717, 1.165) is 42.1 Å². The zero-order chi connectivity index (χ0) is 22.8. The van der Waals surface area contributed by atoms with Crippen LogP contribution in [0.1, 0.15) is 47.3 Å². The number of rotatable bonds is 6. The Morgan fingerprint density at radius 1 is 1.13 bits per heavy atom. The van der Waals surface area contributed by atoms with E-state index in [2.05, 4.69) is 24.4 Å². The molecule has 0 aromatic heterocycles. The average molecular weight is 461 g/mol. The van der Waals surface area contributed by atoms with Gasteiger partial charge in [-0.2, -0.15) is 5.26 Å². The van der Waals surface area contributed by atoms with Gasteiger partial charge in [-0.1, -0.05) is 35.9 Å². The first-order valence-electron chi connectivity index (χ1n) is 9.93. The third-order valence-corrected chi connectivity index (χ3v) is 6.54. The third kappa shape index (κ3) is 7.59. The van der Waals surface area contributed by atoms with Crippen molar-refractivity contribution < 1.29 is 19.8 Å². The maximum atomic E-state index is 9.64. The predicted octanol–water partition coefficient (Wildman–Crippen LogP) is 4.69. The maximum absolute atomic E-state index is 9.64. The molecule has 0 bridgehead atoms. The zero-order valence-electron chi connectivity index (χ0n) is 17.2. The summed E-state index contributed by atoms with van der Waals surface area (Å²) in [6.45, 7) is 4.15. The van der Waals surface area contributed by atoms with Crippen LogP contribution in [0.4, 0.5) is 0 Å². The van der Waals surface area contributed by atoms with Gasteiger partial charge >= 0.3 is 11.9 Å². The molecule has 0 amide bonds. The molecule has 31 heavy (non-hydrogen) atoms. The van der Waals surface area contributed by atoms with E-state index < -0.39 is 11.9 Å². The molecule has 164 valence electrons. The van der Waals surface area contributed by atoms with E-state index in [4.69, 9.17) is 21.8 Å². The molecule has 1 unspecified atom stereocenters. The molecule has 8 heteroatoms. The Kier molecular flexibility index (Phi) is 9.86. The quantitative estimate of drug-likeness (QED) is 0.536. The molecule has 6 nitrogen and oxygen atoms in total. The van der Waals surface area contributed by atoms with Crippen molar-refractivity contribution in [2.75, 3.05) is 13.1 Å². The molecular weight excluding hydrogens is 436 g/mol. The van der Waals surface area contributed by atoms with E-state index in [0.29, 0.717) is 0 Å². The van der Waals surface area contributed by atoms with Gasteiger partial charge in [0.1, 0.15) is 0 Å². The van der Waals surface area contributed by atoms with Crippen molar-refractivity contribution in [1.82, 2.24) is 5.32 Å². The van der Waals surface area contributed by atoms with Crippen LogP contribution in [0.2, 0.25) is 5.02 Å². The molecule has 1 heterocycles. The van der Waals surface area contributed by atoms with Crippen LogP contribution in [0.5, 0.6) is 0 Å². The lowest BCUT2D eigenvalue weighted by molar-refractivity contribution is -0.143. The van der Waals surface area contributed by atoms with Crippen molar-refractivity contribution >= 4 is 35.3 Å². The summed E-state index contributed by atoms with van der Waals surface area (Å²) < 4.78 is 0. The van der Waals surface area contributed by atoms with Crippen LogP contribution in [0.3, 0.4) is 0 Å². The summed E-state index contributed by atoms with van der Waals surface area (Å²) in [6, 6.07) is 14.3. The molecule has 0 spiro atoms. The lowest BCUT2D eigenvalue weighted by atomic mass is 10.0. The van der Waals surface area contributed by atoms with Crippen molar-refractivity contribution in [3.63, 3.8) is 0 Å². The molecule has 0 saturated carbocycles. The Bertz CT molecular complexity index is 961. The summed E-state index contributed by atoms with van der Waals surface area (Å²) >= 11 is 8.28. The molecule has 3 N–H and O–H groups in total. The van der Waals surface area contributed by atoms with Gasteiger partial charge in [0.15, 0.2) is 0 Å². The first-order valence-corrected chi connectivity index (χ1v) is 11.2. The molecule has 1 aliphatic rings. The van der Waals surface area contributed by atoms with Gasteiger partial charge in [0.05, 0.1) is 29.5 Å². The highest BCUT2D eigenvalue weighted by Gasteiger charge is 2.19. The minimum absolute atomic E-state index is 0.186. The Morgan fingerprint density at radius 2 is 1.77 bits per heavy atom. The van der Waals surface area contributed by atoms with Gasteiger partial charge in [0.25, 0.3) is 0 Å². The van der Waals surface area contributed by atoms with Gasteiger partial charge in [-0.25, -0.2) is 0 Å². The van der Waals surface area contributed by atoms with E-state index in [1.54, 1.807) is 11.8 Å². The van der Waals surface area contributed by atoms with Crippen LogP contribution < -0.4 is 5.32 Å². The molecule has 0 radical (unpaired) electrons. The number of thioether (sulfide) groups is 1. The number of halogens is 1. The maximum Gasteiger partial charge on any atom is 0.303 e. The van der Waals surface area contributed by atoms with E-state index in [1.807, 2.05) is 30.3 Å². The first kappa shape index (κ1) is 24.7. The smallest absolute Gasteiger partial charge is 0.303 e. The monoisotopic (exact) mass is 460 g/mol. The van der Waals surface area contributed by atoms with Gasteiger partial charge in [-0.15, -0.1) is 11.8 Å². The second kappa shape index (κ2) is 12.4. The minimum atomic E-state index is -1.08. The van der Waals surface area contributed by atoms with Crippen LogP contribution in [0.25, 0.3) is 0 Å². The van der Waals surface area contributed by atoms with Crippen LogP contribution in [-0.2, 0) is 22.4 Å². The Labute approximate surface area is 191 Å². The van der Waals surface area contributed by atoms with Crippen LogP contribution in [0.15, 0.2) is 41.3 Å². The zero-order valence-corrected chi connectivity index (χ0v) is 18.8. The highest BCUT2D eigenvalue weighted by molar-refractivity contribution is 7.99. The highest BCUT2D eigenvalue weighted by Crippen LogP contribution is 2.42. The largest absolute Gasteiger partial charge is 0.481 e. The molecule has 3 rings (SSSR count). The fourth-order valence-corrected chi connectivity index (χ4v) is 4.80. The standard InChI is InChI=1S/C19H19ClN2S.C4H6O4/c1-13(16-5-3-2-4-15(16)12-21)23-19-17-9-11-22-10-8-14(17)6-7-18(19)20;5-3(6)1-2-4(7)8/h2-7,13,22H,8-11H2,1H3;1-2H2,(H,5,6)(H,7,8). The lowest BCUT2D eigenvalue weighted by Crippen LogP contribution is -2.16. The summed E-state index contributed by atoms with van der Waals surface area (Å²) in [5.41, 5.74) is 4.57. The van der Waals surface area contributed by atoms with Crippen molar-refractivity contribution in [2.45, 2.75) is 42.8 Å². The molecule has 2 aromatic carbocycles. The van der Waals surface area contributed by atoms with E-state index in [-0.39, 0.29) is 18.1 Å². The van der Waals surface area contributed by atoms with Crippen LogP contribution in [0, 0.1) is 11.3 Å². The van der Waals surface area contributed by atoms with Crippen molar-refractivity contribution in [3.05, 3.63) is 63.7 Å². The number of carboxylic acid groups (broad SMARTS) is 2. The molecular formula is C23H25ClN2O4S. The summed E-state index contributed by atoms with van der Waals surface area (Å²) in [6.07, 6.45) is 1.46. The number of carbonyl (C=O) groups is 2. The summed E-state index contributed by atoms with van der Waals surface area (Å²) in [7, 11) is 0. The fraction of sp³-hybridized carbons (Fsp3) is 0.348. The van der Waals surface area contributed by atoms with Gasteiger partial charge in [0, 0.05) is 10.1 Å². The van der Waals surface area contributed by atoms with Gasteiger partial charge < -0.3 is 15.5 Å². The predicted molar refractivity (Wildman–Crippen MR) is 122 cm³/mol. The van der Waals surface area contributed by atoms with Crippen molar-refractivity contribution in [3.8, 4) is 6.07 Å². The topological polar surface area (TPSA) is 110 Å². The molecule has 1 atom stereocenters. The number of nitrogens with zero attached hydrogens (tertiary/aromatic N) is 1. The number of aliphatic carboxylic acids is 2. The third-order valence-electron chi connectivity index (χ3n) is 4.80. The fourth-order valence-electron chi connectivity index (χ4n) is 3.24. The van der Waals surface area contributed by atoms with Crippen LogP contribution >= 0.6 is 23.4 Å². The first-order chi connectivity index (χ1) is 14.8. The summed E-state index contributed by atoms with van der Waals surface area (Å²) in [5.74, 6) is -2.15. The van der Waals surface area contributed by atoms with E-state index in [9.17, 15) is 14.9 Å². The summed E-state index contributed by atoms with van der Waals surface area (Å²) in [4.78, 5) is 20.5. The number of hydrogen-bond donors (Lipinski definition) is 3. The van der Waals surface area contributed by atoms with Gasteiger partial charge in [0.2, 0.25) is 0 Å². The molecule has 2 aromatic rings.